The Morgan fingerprint density at radius 2 is 1.07 bits per heavy atom. The third kappa shape index (κ3) is 4.97. The van der Waals surface area contributed by atoms with Gasteiger partial charge in [-0.2, -0.15) is 11.8 Å². The normalized spacial score (nSPS) is 21.0. The van der Waals surface area contributed by atoms with Gasteiger partial charge in [0, 0.05) is 76.1 Å². The van der Waals surface area contributed by atoms with E-state index in [1.165, 1.54) is 0 Å². The summed E-state index contributed by atoms with van der Waals surface area (Å²) in [6, 6.07) is 0. The first-order chi connectivity index (χ1) is 13.0. The molecule has 27 heavy (non-hydrogen) atoms. The Morgan fingerprint density at radius 1 is 0.704 bits per heavy atom. The quantitative estimate of drug-likeness (QED) is 0.523. The minimum absolute atomic E-state index is 0.652. The molecule has 0 fully saturated rings. The predicted molar refractivity (Wildman–Crippen MR) is 106 cm³/mol. The molecule has 0 radical (unpaired) electrons. The first kappa shape index (κ1) is 22.0. The van der Waals surface area contributed by atoms with E-state index in [2.05, 4.69) is 12.2 Å². The molecule has 7 heteroatoms. The zero-order valence-electron chi connectivity index (χ0n) is 17.0. The number of ether oxygens (including phenoxy) is 6. The molecule has 0 spiro atoms. The fourth-order valence-electron chi connectivity index (χ4n) is 3.08. The summed E-state index contributed by atoms with van der Waals surface area (Å²) in [7, 11) is 9.86. The van der Waals surface area contributed by atoms with Crippen molar-refractivity contribution in [1.29, 1.82) is 0 Å². The number of hydrogen-bond donors (Lipinski definition) is 0. The number of hydrogen-bond acceptors (Lipinski definition) is 7. The van der Waals surface area contributed by atoms with Crippen LogP contribution in [0.2, 0.25) is 0 Å². The minimum atomic E-state index is -0.749. The minimum Gasteiger partial charge on any atom is -0.497 e. The van der Waals surface area contributed by atoms with E-state index >= 15 is 0 Å². The van der Waals surface area contributed by atoms with Crippen LogP contribution in [0, 0.1) is 0 Å². The van der Waals surface area contributed by atoms with Gasteiger partial charge < -0.3 is 28.4 Å². The van der Waals surface area contributed by atoms with Crippen molar-refractivity contribution in [2.75, 3.05) is 54.2 Å². The lowest BCUT2D eigenvalue weighted by Crippen LogP contribution is -2.33. The van der Waals surface area contributed by atoms with E-state index < -0.39 is 11.6 Å². The van der Waals surface area contributed by atoms with Crippen LogP contribution < -0.4 is 0 Å². The molecule has 2 rings (SSSR count). The number of thioether (sulfide) groups is 1. The van der Waals surface area contributed by atoms with E-state index in [0.29, 0.717) is 12.8 Å². The van der Waals surface area contributed by atoms with Crippen molar-refractivity contribution in [3.8, 4) is 0 Å². The van der Waals surface area contributed by atoms with E-state index in [9.17, 15) is 0 Å². The lowest BCUT2D eigenvalue weighted by atomic mass is 10.0. The van der Waals surface area contributed by atoms with E-state index in [-0.39, 0.29) is 0 Å². The van der Waals surface area contributed by atoms with Gasteiger partial charge in [0.05, 0.1) is 14.2 Å². The summed E-state index contributed by atoms with van der Waals surface area (Å²) in [4.78, 5) is 0. The largest absolute Gasteiger partial charge is 0.497 e. The molecule has 0 heterocycles. The molecule has 0 aliphatic heterocycles. The van der Waals surface area contributed by atoms with Crippen molar-refractivity contribution in [1.82, 2.24) is 0 Å². The van der Waals surface area contributed by atoms with Crippen LogP contribution in [-0.4, -0.2) is 65.7 Å². The van der Waals surface area contributed by atoms with Gasteiger partial charge in [-0.1, -0.05) is 12.2 Å². The zero-order valence-corrected chi connectivity index (χ0v) is 17.8. The van der Waals surface area contributed by atoms with Gasteiger partial charge in [-0.25, -0.2) is 0 Å². The van der Waals surface area contributed by atoms with Crippen molar-refractivity contribution in [2.45, 2.75) is 24.4 Å². The highest BCUT2D eigenvalue weighted by atomic mass is 32.2. The van der Waals surface area contributed by atoms with Gasteiger partial charge in [-0.3, -0.25) is 0 Å². The summed E-state index contributed by atoms with van der Waals surface area (Å²) >= 11 is 1.79. The summed E-state index contributed by atoms with van der Waals surface area (Å²) in [5.74, 6) is 1.71. The molecular formula is C20H30O6S. The topological polar surface area (TPSA) is 55.4 Å². The van der Waals surface area contributed by atoms with Crippen LogP contribution in [0.5, 0.6) is 0 Å². The molecule has 0 aromatic heterocycles. The van der Waals surface area contributed by atoms with Crippen molar-refractivity contribution in [3.63, 3.8) is 0 Å². The van der Waals surface area contributed by atoms with Gasteiger partial charge in [-0.15, -0.1) is 0 Å². The highest BCUT2D eigenvalue weighted by Gasteiger charge is 2.33. The van der Waals surface area contributed by atoms with E-state index in [4.69, 9.17) is 28.4 Å². The van der Waals surface area contributed by atoms with Crippen LogP contribution >= 0.6 is 11.8 Å². The fourth-order valence-corrected chi connectivity index (χ4v) is 4.14. The molecule has 2 aliphatic carbocycles. The number of allylic oxidation sites excluding steroid dienone is 2. The van der Waals surface area contributed by atoms with Gasteiger partial charge in [0.25, 0.3) is 0 Å². The van der Waals surface area contributed by atoms with Gasteiger partial charge in [0.2, 0.25) is 0 Å². The molecule has 0 atom stereocenters. The summed E-state index contributed by atoms with van der Waals surface area (Å²) in [6.45, 7) is 0. The molecule has 0 N–H and O–H groups in total. The van der Waals surface area contributed by atoms with Gasteiger partial charge in [0.1, 0.15) is 11.5 Å². The molecule has 0 aromatic rings. The monoisotopic (exact) mass is 398 g/mol. The Morgan fingerprint density at radius 3 is 1.37 bits per heavy atom. The Balaban J connectivity index is 1.99. The van der Waals surface area contributed by atoms with Crippen LogP contribution in [-0.2, 0) is 28.4 Å². The van der Waals surface area contributed by atoms with Crippen LogP contribution in [0.15, 0.2) is 47.0 Å². The van der Waals surface area contributed by atoms with Crippen molar-refractivity contribution in [2.24, 2.45) is 0 Å². The van der Waals surface area contributed by atoms with Crippen LogP contribution in [0.25, 0.3) is 0 Å². The van der Waals surface area contributed by atoms with E-state index in [1.807, 2.05) is 12.2 Å². The average Bonchev–Trinajstić information content (AvgIpc) is 2.74. The molecule has 0 amide bonds. The SMILES string of the molecule is COC1=CC(OC)(OC)CC=C1CSCC1=CCC(OC)(OC)C=C1OC. The molecule has 6 nitrogen and oxygen atoms in total. The Hall–Kier alpha value is -1.25. The summed E-state index contributed by atoms with van der Waals surface area (Å²) in [5.41, 5.74) is 2.27. The second-order valence-electron chi connectivity index (χ2n) is 6.23. The van der Waals surface area contributed by atoms with Gasteiger partial charge in [-0.05, 0) is 0 Å². The summed E-state index contributed by atoms with van der Waals surface area (Å²) in [6.07, 6.45) is 9.32. The first-order valence-electron chi connectivity index (χ1n) is 8.71. The lowest BCUT2D eigenvalue weighted by molar-refractivity contribution is -0.170. The molecule has 152 valence electrons. The molecule has 0 aromatic carbocycles. The lowest BCUT2D eigenvalue weighted by Gasteiger charge is -2.32. The van der Waals surface area contributed by atoms with Gasteiger partial charge >= 0.3 is 0 Å². The van der Waals surface area contributed by atoms with Crippen LogP contribution in [0.1, 0.15) is 12.8 Å². The predicted octanol–water partition coefficient (Wildman–Crippen LogP) is 3.42. The maximum atomic E-state index is 5.54. The summed E-state index contributed by atoms with van der Waals surface area (Å²) < 4.78 is 33.0. The highest BCUT2D eigenvalue weighted by molar-refractivity contribution is 7.99. The molecule has 0 saturated heterocycles. The average molecular weight is 399 g/mol. The van der Waals surface area contributed by atoms with Crippen molar-refractivity contribution >= 4 is 11.8 Å². The third-order valence-corrected chi connectivity index (χ3v) is 5.97. The third-order valence-electron chi connectivity index (χ3n) is 4.94. The van der Waals surface area contributed by atoms with Crippen LogP contribution in [0.3, 0.4) is 0 Å². The standard InChI is InChI=1S/C20H30O6S/c1-21-17-11-19(23-3,24-4)9-7-15(17)13-27-14-16-8-10-20(25-5,26-6)12-18(16)22-2/h7-8,11-12H,9-10,13-14H2,1-6H3. The molecule has 0 bridgehead atoms. The second-order valence-corrected chi connectivity index (χ2v) is 7.21. The molecular weight excluding hydrogens is 368 g/mol. The van der Waals surface area contributed by atoms with Crippen molar-refractivity contribution < 1.29 is 28.4 Å². The maximum absolute atomic E-state index is 5.54. The molecule has 2 aliphatic rings. The highest BCUT2D eigenvalue weighted by Crippen LogP contribution is 2.34. The maximum Gasteiger partial charge on any atom is 0.194 e. The first-order valence-corrected chi connectivity index (χ1v) is 9.87. The fraction of sp³-hybridized carbons (Fsp3) is 0.600. The number of methoxy groups -OCH3 is 6. The second kappa shape index (κ2) is 9.80. The van der Waals surface area contributed by atoms with Gasteiger partial charge in [0.15, 0.2) is 11.6 Å². The van der Waals surface area contributed by atoms with Crippen LogP contribution in [0.4, 0.5) is 0 Å². The van der Waals surface area contributed by atoms with E-state index in [0.717, 1.165) is 34.2 Å². The van der Waals surface area contributed by atoms with E-state index in [1.54, 1.807) is 54.4 Å². The number of rotatable bonds is 10. The summed E-state index contributed by atoms with van der Waals surface area (Å²) in [5, 5.41) is 0. The Bertz CT molecular complexity index is 572. The Kier molecular flexibility index (Phi) is 8.00. The molecule has 0 unspecified atom stereocenters. The van der Waals surface area contributed by atoms with Crippen molar-refractivity contribution in [3.05, 3.63) is 47.0 Å². The smallest absolute Gasteiger partial charge is 0.194 e. The zero-order chi connectivity index (χ0) is 19.9. The molecule has 0 saturated carbocycles. The Labute approximate surface area is 166 Å².